The summed E-state index contributed by atoms with van der Waals surface area (Å²) in [6, 6.07) is 0. The molecule has 10 heteroatoms. The molecule has 0 unspecified atom stereocenters. The van der Waals surface area contributed by atoms with Crippen LogP contribution in [0.4, 0.5) is 0 Å². The molecule has 0 aliphatic rings. The second kappa shape index (κ2) is 16.2. The van der Waals surface area contributed by atoms with Crippen LogP contribution in [0.25, 0.3) is 0 Å². The van der Waals surface area contributed by atoms with E-state index in [-0.39, 0.29) is 36.7 Å². The summed E-state index contributed by atoms with van der Waals surface area (Å²) in [6.07, 6.45) is 0. The minimum Gasteiger partial charge on any atom is -0.870 e. The predicted octanol–water partition coefficient (Wildman–Crippen LogP) is -5.41. The molecule has 0 aromatic heterocycles. The molecule has 0 saturated carbocycles. The van der Waals surface area contributed by atoms with Gasteiger partial charge in [0.25, 0.3) is 0 Å². The van der Waals surface area contributed by atoms with Crippen molar-refractivity contribution in [2.24, 2.45) is 0 Å². The zero-order chi connectivity index (χ0) is 4.50. The summed E-state index contributed by atoms with van der Waals surface area (Å²) >= 11 is 0. The maximum Gasteiger partial charge on any atom is 2.00 e. The molecule has 0 rings (SSSR count). The molecule has 0 fully saturated rings. The largest absolute Gasteiger partial charge is 2.00 e. The van der Waals surface area contributed by atoms with E-state index in [1.807, 2.05) is 0 Å². The maximum atomic E-state index is 8.55. The van der Waals surface area contributed by atoms with Gasteiger partial charge >= 0.3 is 20.2 Å². The number of hydrogen-bond acceptors (Lipinski definition) is 5. The molecule has 0 spiro atoms. The van der Waals surface area contributed by atoms with Gasteiger partial charge in [-0.05, 0) is 0 Å². The summed E-state index contributed by atoms with van der Waals surface area (Å²) in [6.45, 7) is 0. The molecule has 5 N–H and O–H groups in total. The van der Waals surface area contributed by atoms with Crippen molar-refractivity contribution in [3.05, 3.63) is 0 Å². The van der Waals surface area contributed by atoms with Crippen LogP contribution in [0.3, 0.4) is 0 Å². The van der Waals surface area contributed by atoms with E-state index in [4.69, 9.17) is 19.2 Å². The van der Waals surface area contributed by atoms with Crippen molar-refractivity contribution in [1.82, 2.24) is 0 Å². The smallest absolute Gasteiger partial charge is 0.870 e. The summed E-state index contributed by atoms with van der Waals surface area (Å²) in [4.78, 5) is 25.6. The van der Waals surface area contributed by atoms with Crippen LogP contribution in [0.15, 0.2) is 0 Å². The molecule has 0 bridgehead atoms. The Hall–Kier alpha value is 0.328. The van der Waals surface area contributed by atoms with Crippen molar-refractivity contribution in [2.75, 3.05) is 0 Å². The van der Waals surface area contributed by atoms with Crippen molar-refractivity contribution < 1.29 is 35.7 Å². The third kappa shape index (κ3) is 4160. The Labute approximate surface area is 64.7 Å². The number of phosphoric acid groups is 1. The van der Waals surface area contributed by atoms with Crippen molar-refractivity contribution in [2.45, 2.75) is 0 Å². The van der Waals surface area contributed by atoms with E-state index in [0.717, 1.165) is 0 Å². The van der Waals surface area contributed by atoms with Gasteiger partial charge < -0.3 is 35.7 Å². The van der Waals surface area contributed by atoms with Gasteiger partial charge in [-0.15, -0.1) is 0 Å². The summed E-state index contributed by atoms with van der Waals surface area (Å²) in [7, 11) is -5.39. The van der Waals surface area contributed by atoms with Gasteiger partial charge in [0.05, 0.1) is 0 Å². The van der Waals surface area contributed by atoms with Crippen LogP contribution in [0.5, 0.6) is 0 Å². The summed E-state index contributed by atoms with van der Waals surface area (Å²) in [5.41, 5.74) is 0. The molecule has 0 aromatic carbocycles. The predicted molar refractivity (Wildman–Crippen MR) is 28.3 cm³/mol. The van der Waals surface area contributed by atoms with Gasteiger partial charge in [0.2, 0.25) is 0 Å². The fourth-order valence-corrected chi connectivity index (χ4v) is 0. The molecule has 10 heavy (non-hydrogen) atoms. The molecular formula is H5Be2O7P. The van der Waals surface area contributed by atoms with Crippen LogP contribution in [0.1, 0.15) is 0 Å². The third-order valence-electron chi connectivity index (χ3n) is 0. The van der Waals surface area contributed by atoms with Gasteiger partial charge in [0, 0.05) is 0 Å². The molecular weight excluding hydrogens is 161 g/mol. The monoisotopic (exact) mass is 166 g/mol. The minimum atomic E-state index is -5.39. The Morgan fingerprint density at radius 1 is 0.900 bits per heavy atom. The van der Waals surface area contributed by atoms with Crippen molar-refractivity contribution >= 4 is 28.1 Å². The summed E-state index contributed by atoms with van der Waals surface area (Å²) in [5, 5.41) is 0. The van der Waals surface area contributed by atoms with Crippen LogP contribution in [-0.2, 0) is 4.57 Å². The molecule has 0 amide bonds. The van der Waals surface area contributed by atoms with Gasteiger partial charge in [0.15, 0.2) is 0 Å². The van der Waals surface area contributed by atoms with Crippen LogP contribution in [-0.4, -0.2) is 36.7 Å². The summed E-state index contributed by atoms with van der Waals surface area (Å²) in [5.74, 6) is 0. The summed E-state index contributed by atoms with van der Waals surface area (Å²) < 4.78 is 8.55. The first kappa shape index (κ1) is 48.0. The second-order valence-electron chi connectivity index (χ2n) is 0.447. The molecule has 7 nitrogen and oxygen atoms in total. The van der Waals surface area contributed by atoms with Crippen LogP contribution < -0.4 is 14.7 Å². The van der Waals surface area contributed by atoms with Gasteiger partial charge in [-0.1, -0.05) is 0 Å². The van der Waals surface area contributed by atoms with Gasteiger partial charge in [-0.25, -0.2) is 0 Å². The maximum absolute atomic E-state index is 8.55. The first-order valence-corrected chi connectivity index (χ1v) is 2.19. The molecule has 0 atom stereocenters. The van der Waals surface area contributed by atoms with Crippen LogP contribution >= 0.6 is 7.82 Å². The molecule has 0 aliphatic carbocycles. The standard InChI is InChI=1S/2Be.H3O4P.3H2O/c;;1-5(2,3)4;;;/h;;(H3,1,2,3,4);3*1H2/q2*+2;;;;/p-4. The number of hydrogen-bond donors (Lipinski definition) is 0. The van der Waals surface area contributed by atoms with E-state index >= 15 is 0 Å². The van der Waals surface area contributed by atoms with E-state index in [1.54, 1.807) is 0 Å². The molecule has 0 aromatic rings. The fraction of sp³-hybridized carbons (Fsp3) is 0. The fourth-order valence-electron chi connectivity index (χ4n) is 0. The normalized spacial score (nSPS) is 5.90. The first-order valence-electron chi connectivity index (χ1n) is 0.730. The van der Waals surface area contributed by atoms with Crippen LogP contribution in [0.2, 0.25) is 0 Å². The van der Waals surface area contributed by atoms with E-state index < -0.39 is 7.82 Å². The molecule has 0 heterocycles. The van der Waals surface area contributed by atoms with Gasteiger partial charge in [0.1, 0.15) is 0 Å². The van der Waals surface area contributed by atoms with Crippen molar-refractivity contribution in [3.8, 4) is 0 Å². The van der Waals surface area contributed by atoms with E-state index in [2.05, 4.69) is 0 Å². The zero-order valence-electron chi connectivity index (χ0n) is 4.94. The van der Waals surface area contributed by atoms with E-state index in [0.29, 0.717) is 0 Å². The van der Waals surface area contributed by atoms with Gasteiger partial charge in [-0.3, -0.25) is 0 Å². The minimum absolute atomic E-state index is 0. The molecule has 56 valence electrons. The Morgan fingerprint density at radius 3 is 0.900 bits per heavy atom. The SMILES string of the molecule is O.O.O=P([O-])([O-])[O-].[Be+2].[Be+2].[OH-]. The van der Waals surface area contributed by atoms with Crippen molar-refractivity contribution in [1.29, 1.82) is 0 Å². The van der Waals surface area contributed by atoms with Gasteiger partial charge in [-0.2, -0.15) is 7.82 Å². The average Bonchev–Trinajstić information content (AvgIpc) is 0.722. The Kier molecular flexibility index (Phi) is 77.5. The zero-order valence-corrected chi connectivity index (χ0v) is 5.84. The van der Waals surface area contributed by atoms with E-state index in [9.17, 15) is 0 Å². The number of rotatable bonds is 0. The molecule has 0 saturated heterocycles. The molecule has 0 radical (unpaired) electrons. The topological polar surface area (TPSA) is 179 Å². The Morgan fingerprint density at radius 2 is 0.900 bits per heavy atom. The quantitative estimate of drug-likeness (QED) is 0.256. The Bertz CT molecular complexity index is 57.7. The van der Waals surface area contributed by atoms with Crippen LogP contribution in [0, 0.1) is 0 Å². The first-order chi connectivity index (χ1) is 2.00. The Balaban J connectivity index is -0.00000000800. The third-order valence-corrected chi connectivity index (χ3v) is 0. The van der Waals surface area contributed by atoms with E-state index in [1.165, 1.54) is 0 Å². The second-order valence-corrected chi connectivity index (χ2v) is 1.34. The molecule has 0 aliphatic heterocycles. The average molecular weight is 166 g/mol. The van der Waals surface area contributed by atoms with Crippen molar-refractivity contribution in [3.63, 3.8) is 0 Å².